The summed E-state index contributed by atoms with van der Waals surface area (Å²) < 4.78 is 16.9. The van der Waals surface area contributed by atoms with Gasteiger partial charge in [0, 0.05) is 5.56 Å². The van der Waals surface area contributed by atoms with E-state index in [1.54, 1.807) is 12.1 Å². The molecule has 2 rings (SSSR count). The summed E-state index contributed by atoms with van der Waals surface area (Å²) in [4.78, 5) is 0. The van der Waals surface area contributed by atoms with Crippen LogP contribution < -0.4 is 4.74 Å². The minimum atomic E-state index is -0.346. The van der Waals surface area contributed by atoms with Crippen LogP contribution in [0.15, 0.2) is 18.2 Å². The minimum absolute atomic E-state index is 0.145. The standard InChI is InChI=1S/C15H22O4/c1-3-5-6-12-10-18-15(19-12)11-7-8-13(16)14(9-11)17-4-2/h7-9,12,15-16H,3-6,10H2,1-2H3/t12-,15+/m1/s1. The highest BCUT2D eigenvalue weighted by atomic mass is 16.7. The Bertz CT molecular complexity index is 405. The first-order valence-corrected chi connectivity index (χ1v) is 6.97. The molecular formula is C15H22O4. The van der Waals surface area contributed by atoms with Gasteiger partial charge in [0.15, 0.2) is 17.8 Å². The van der Waals surface area contributed by atoms with Gasteiger partial charge < -0.3 is 19.3 Å². The first-order valence-electron chi connectivity index (χ1n) is 6.97. The van der Waals surface area contributed by atoms with Crippen LogP contribution in [-0.2, 0) is 9.47 Å². The fraction of sp³-hybridized carbons (Fsp3) is 0.600. The minimum Gasteiger partial charge on any atom is -0.504 e. The van der Waals surface area contributed by atoms with Gasteiger partial charge in [-0.3, -0.25) is 0 Å². The summed E-state index contributed by atoms with van der Waals surface area (Å²) in [6.45, 7) is 5.20. The van der Waals surface area contributed by atoms with E-state index in [-0.39, 0.29) is 18.1 Å². The van der Waals surface area contributed by atoms with Crippen LogP contribution in [0, 0.1) is 0 Å². The van der Waals surface area contributed by atoms with Crippen molar-refractivity contribution in [3.05, 3.63) is 23.8 Å². The van der Waals surface area contributed by atoms with Crippen LogP contribution in [0.1, 0.15) is 45.0 Å². The summed E-state index contributed by atoms with van der Waals surface area (Å²) in [6.07, 6.45) is 3.18. The Morgan fingerprint density at radius 2 is 2.21 bits per heavy atom. The molecule has 1 heterocycles. The highest BCUT2D eigenvalue weighted by molar-refractivity contribution is 5.42. The summed E-state index contributed by atoms with van der Waals surface area (Å²) in [5, 5.41) is 9.67. The average molecular weight is 266 g/mol. The van der Waals surface area contributed by atoms with E-state index in [1.807, 2.05) is 13.0 Å². The highest BCUT2D eigenvalue weighted by Crippen LogP contribution is 2.34. The maximum atomic E-state index is 9.67. The van der Waals surface area contributed by atoms with Gasteiger partial charge in [-0.15, -0.1) is 0 Å². The van der Waals surface area contributed by atoms with Gasteiger partial charge in [-0.05, 0) is 25.5 Å². The van der Waals surface area contributed by atoms with Crippen LogP contribution in [0.2, 0.25) is 0 Å². The molecule has 0 unspecified atom stereocenters. The van der Waals surface area contributed by atoms with E-state index < -0.39 is 0 Å². The number of hydrogen-bond acceptors (Lipinski definition) is 4. The van der Waals surface area contributed by atoms with Crippen LogP contribution in [0.4, 0.5) is 0 Å². The summed E-state index contributed by atoms with van der Waals surface area (Å²) in [7, 11) is 0. The number of benzene rings is 1. The second-order valence-electron chi connectivity index (χ2n) is 4.73. The van der Waals surface area contributed by atoms with Crippen molar-refractivity contribution in [2.75, 3.05) is 13.2 Å². The zero-order valence-corrected chi connectivity index (χ0v) is 11.6. The Labute approximate surface area is 114 Å². The Morgan fingerprint density at radius 1 is 1.37 bits per heavy atom. The summed E-state index contributed by atoms with van der Waals surface area (Å²) in [5.41, 5.74) is 0.889. The monoisotopic (exact) mass is 266 g/mol. The SMILES string of the molecule is CCCC[C@@H]1CO[C@H](c2ccc(O)c(OCC)c2)O1. The Balaban J connectivity index is 2.00. The molecule has 0 aromatic heterocycles. The van der Waals surface area contributed by atoms with Gasteiger partial charge in [-0.1, -0.05) is 25.8 Å². The summed E-state index contributed by atoms with van der Waals surface area (Å²) >= 11 is 0. The maximum absolute atomic E-state index is 9.67. The molecule has 4 nitrogen and oxygen atoms in total. The average Bonchev–Trinajstić information content (AvgIpc) is 2.88. The molecule has 1 fully saturated rings. The molecule has 1 aliphatic rings. The van der Waals surface area contributed by atoms with Gasteiger partial charge in [-0.25, -0.2) is 0 Å². The largest absolute Gasteiger partial charge is 0.504 e. The molecule has 0 amide bonds. The first kappa shape index (κ1) is 14.2. The number of ether oxygens (including phenoxy) is 3. The Hall–Kier alpha value is -1.26. The molecule has 0 spiro atoms. The molecular weight excluding hydrogens is 244 g/mol. The number of aromatic hydroxyl groups is 1. The van der Waals surface area contributed by atoms with E-state index in [0.29, 0.717) is 19.0 Å². The lowest BCUT2D eigenvalue weighted by atomic mass is 10.2. The number of phenols is 1. The molecule has 1 aromatic rings. The Morgan fingerprint density at radius 3 is 2.95 bits per heavy atom. The smallest absolute Gasteiger partial charge is 0.184 e. The van der Waals surface area contributed by atoms with Gasteiger partial charge >= 0.3 is 0 Å². The number of phenolic OH excluding ortho intramolecular Hbond substituents is 1. The topological polar surface area (TPSA) is 47.9 Å². The molecule has 0 saturated carbocycles. The third kappa shape index (κ3) is 3.61. The van der Waals surface area contributed by atoms with Crippen molar-refractivity contribution >= 4 is 0 Å². The summed E-state index contributed by atoms with van der Waals surface area (Å²) in [5.74, 6) is 0.621. The van der Waals surface area contributed by atoms with E-state index in [9.17, 15) is 5.11 Å². The molecule has 1 aromatic carbocycles. The quantitative estimate of drug-likeness (QED) is 0.857. The van der Waals surface area contributed by atoms with Crippen LogP contribution >= 0.6 is 0 Å². The van der Waals surface area contributed by atoms with E-state index >= 15 is 0 Å². The van der Waals surface area contributed by atoms with Crippen LogP contribution in [-0.4, -0.2) is 24.4 Å². The first-order chi connectivity index (χ1) is 9.24. The third-order valence-electron chi connectivity index (χ3n) is 3.19. The van der Waals surface area contributed by atoms with Crippen molar-refractivity contribution in [2.24, 2.45) is 0 Å². The highest BCUT2D eigenvalue weighted by Gasteiger charge is 2.27. The van der Waals surface area contributed by atoms with Crippen LogP contribution in [0.25, 0.3) is 0 Å². The second-order valence-corrected chi connectivity index (χ2v) is 4.73. The van der Waals surface area contributed by atoms with Crippen molar-refractivity contribution in [2.45, 2.75) is 45.5 Å². The molecule has 2 atom stereocenters. The molecule has 106 valence electrons. The molecule has 1 N–H and O–H groups in total. The lowest BCUT2D eigenvalue weighted by Gasteiger charge is -2.13. The maximum Gasteiger partial charge on any atom is 0.184 e. The number of rotatable bonds is 6. The fourth-order valence-electron chi connectivity index (χ4n) is 2.15. The normalized spacial score (nSPS) is 22.6. The van der Waals surface area contributed by atoms with E-state index in [1.165, 1.54) is 0 Å². The summed E-state index contributed by atoms with van der Waals surface area (Å²) in [6, 6.07) is 5.21. The zero-order valence-electron chi connectivity index (χ0n) is 11.6. The lowest BCUT2D eigenvalue weighted by Crippen LogP contribution is -2.09. The molecule has 0 radical (unpaired) electrons. The predicted molar refractivity (Wildman–Crippen MR) is 72.4 cm³/mol. The van der Waals surface area contributed by atoms with Crippen LogP contribution in [0.5, 0.6) is 11.5 Å². The fourth-order valence-corrected chi connectivity index (χ4v) is 2.15. The van der Waals surface area contributed by atoms with E-state index in [2.05, 4.69) is 6.92 Å². The van der Waals surface area contributed by atoms with Gasteiger partial charge in [0.25, 0.3) is 0 Å². The third-order valence-corrected chi connectivity index (χ3v) is 3.19. The second kappa shape index (κ2) is 6.78. The van der Waals surface area contributed by atoms with Crippen molar-refractivity contribution in [1.82, 2.24) is 0 Å². The van der Waals surface area contributed by atoms with Gasteiger partial charge in [0.05, 0.1) is 19.3 Å². The lowest BCUT2D eigenvalue weighted by molar-refractivity contribution is -0.0614. The van der Waals surface area contributed by atoms with E-state index in [0.717, 1.165) is 24.8 Å². The van der Waals surface area contributed by atoms with Crippen molar-refractivity contribution < 1.29 is 19.3 Å². The van der Waals surface area contributed by atoms with E-state index in [4.69, 9.17) is 14.2 Å². The predicted octanol–water partition coefficient (Wildman–Crippen LogP) is 3.40. The molecule has 1 saturated heterocycles. The van der Waals surface area contributed by atoms with Gasteiger partial charge in [0.1, 0.15) is 0 Å². The van der Waals surface area contributed by atoms with Crippen LogP contribution in [0.3, 0.4) is 0 Å². The molecule has 19 heavy (non-hydrogen) atoms. The Kier molecular flexibility index (Phi) is 5.05. The molecule has 1 aliphatic heterocycles. The van der Waals surface area contributed by atoms with Crippen molar-refractivity contribution in [1.29, 1.82) is 0 Å². The van der Waals surface area contributed by atoms with Gasteiger partial charge in [0.2, 0.25) is 0 Å². The number of hydrogen-bond donors (Lipinski definition) is 1. The molecule has 4 heteroatoms. The van der Waals surface area contributed by atoms with Crippen molar-refractivity contribution in [3.8, 4) is 11.5 Å². The molecule has 0 aliphatic carbocycles. The number of unbranched alkanes of at least 4 members (excludes halogenated alkanes) is 1. The van der Waals surface area contributed by atoms with Crippen molar-refractivity contribution in [3.63, 3.8) is 0 Å². The van der Waals surface area contributed by atoms with Gasteiger partial charge in [-0.2, -0.15) is 0 Å². The zero-order chi connectivity index (χ0) is 13.7. The molecule has 0 bridgehead atoms.